The average Bonchev–Trinajstić information content (AvgIpc) is 3.05. The second-order valence-electron chi connectivity index (χ2n) is 5.53. The van der Waals surface area contributed by atoms with Gasteiger partial charge in [-0.25, -0.2) is 0 Å². The Bertz CT molecular complexity index is 633. The van der Waals surface area contributed by atoms with Gasteiger partial charge in [0.1, 0.15) is 0 Å². The average molecular weight is 302 g/mol. The first kappa shape index (κ1) is 14.7. The van der Waals surface area contributed by atoms with Crippen LogP contribution in [0.25, 0.3) is 11.3 Å². The molecule has 0 radical (unpaired) electrons. The summed E-state index contributed by atoms with van der Waals surface area (Å²) in [6.45, 7) is 1.91. The molecule has 0 saturated carbocycles. The van der Waals surface area contributed by atoms with Gasteiger partial charge in [0.2, 0.25) is 0 Å². The fourth-order valence-electron chi connectivity index (χ4n) is 2.75. The van der Waals surface area contributed by atoms with Crippen molar-refractivity contribution >= 4 is 5.82 Å². The first-order chi connectivity index (χ1) is 10.7. The predicted molar refractivity (Wildman–Crippen MR) is 86.6 cm³/mol. The van der Waals surface area contributed by atoms with E-state index in [2.05, 4.69) is 21.2 Å². The number of hydrogen-bond acceptors (Lipinski definition) is 5. The summed E-state index contributed by atoms with van der Waals surface area (Å²) in [6, 6.07) is 8.22. The Balaban J connectivity index is 1.81. The summed E-state index contributed by atoms with van der Waals surface area (Å²) in [5.74, 6) is 2.40. The summed E-state index contributed by atoms with van der Waals surface area (Å²) in [5.41, 5.74) is 7.93. The molecule has 1 aromatic carbocycles. The molecule has 1 fully saturated rings. The molecule has 1 aliphatic heterocycles. The van der Waals surface area contributed by atoms with Gasteiger partial charge in [-0.2, -0.15) is 5.10 Å². The first-order valence-corrected chi connectivity index (χ1v) is 7.49. The molecule has 2 heterocycles. The standard InChI is InChI=1S/C16H22N4O2/c1-21-14-4-3-11(9-15(14)22-2)13-10-16(19-18-13)20-7-5-12(17)6-8-20/h3-4,9-10,12H,5-8,17H2,1-2H3,(H,18,19). The monoisotopic (exact) mass is 302 g/mol. The van der Waals surface area contributed by atoms with E-state index in [1.54, 1.807) is 14.2 Å². The van der Waals surface area contributed by atoms with E-state index in [1.165, 1.54) is 0 Å². The molecular formula is C16H22N4O2. The summed E-state index contributed by atoms with van der Waals surface area (Å²) in [4.78, 5) is 2.27. The lowest BCUT2D eigenvalue weighted by atomic mass is 10.1. The van der Waals surface area contributed by atoms with Crippen molar-refractivity contribution in [2.24, 2.45) is 5.73 Å². The van der Waals surface area contributed by atoms with Crippen molar-refractivity contribution in [2.45, 2.75) is 18.9 Å². The molecule has 1 aliphatic rings. The van der Waals surface area contributed by atoms with Crippen LogP contribution in [0.3, 0.4) is 0 Å². The van der Waals surface area contributed by atoms with Crippen molar-refractivity contribution in [3.63, 3.8) is 0 Å². The summed E-state index contributed by atoms with van der Waals surface area (Å²) in [6.07, 6.45) is 2.02. The van der Waals surface area contributed by atoms with Gasteiger partial charge in [-0.1, -0.05) is 0 Å². The van der Waals surface area contributed by atoms with Crippen LogP contribution >= 0.6 is 0 Å². The predicted octanol–water partition coefficient (Wildman–Crippen LogP) is 2.02. The zero-order valence-electron chi connectivity index (χ0n) is 13.0. The molecule has 6 nitrogen and oxygen atoms in total. The maximum absolute atomic E-state index is 5.95. The second-order valence-corrected chi connectivity index (χ2v) is 5.53. The van der Waals surface area contributed by atoms with Gasteiger partial charge in [0, 0.05) is 30.8 Å². The second kappa shape index (κ2) is 6.27. The van der Waals surface area contributed by atoms with Gasteiger partial charge in [0.15, 0.2) is 17.3 Å². The van der Waals surface area contributed by atoms with Crippen molar-refractivity contribution < 1.29 is 9.47 Å². The molecular weight excluding hydrogens is 280 g/mol. The Morgan fingerprint density at radius 2 is 1.86 bits per heavy atom. The highest BCUT2D eigenvalue weighted by atomic mass is 16.5. The number of hydrogen-bond donors (Lipinski definition) is 2. The minimum Gasteiger partial charge on any atom is -0.493 e. The Labute approximate surface area is 130 Å². The number of rotatable bonds is 4. The van der Waals surface area contributed by atoms with E-state index in [0.29, 0.717) is 11.8 Å². The van der Waals surface area contributed by atoms with Gasteiger partial charge in [-0.05, 0) is 31.0 Å². The Hall–Kier alpha value is -2.21. The van der Waals surface area contributed by atoms with Gasteiger partial charge in [-0.15, -0.1) is 0 Å². The molecule has 1 saturated heterocycles. The van der Waals surface area contributed by atoms with E-state index in [4.69, 9.17) is 15.2 Å². The number of nitrogens with one attached hydrogen (secondary N) is 1. The SMILES string of the molecule is COc1ccc(-c2cc(N3CCC(N)CC3)n[nH]2)cc1OC. The molecule has 2 aromatic rings. The lowest BCUT2D eigenvalue weighted by Gasteiger charge is -2.29. The van der Waals surface area contributed by atoms with Crippen LogP contribution in [0.1, 0.15) is 12.8 Å². The number of piperidine rings is 1. The zero-order valence-corrected chi connectivity index (χ0v) is 13.0. The van der Waals surface area contributed by atoms with E-state index in [0.717, 1.165) is 48.8 Å². The molecule has 3 rings (SSSR count). The fraction of sp³-hybridized carbons (Fsp3) is 0.438. The maximum atomic E-state index is 5.95. The maximum Gasteiger partial charge on any atom is 0.161 e. The third kappa shape index (κ3) is 2.87. The van der Waals surface area contributed by atoms with Gasteiger partial charge >= 0.3 is 0 Å². The van der Waals surface area contributed by atoms with Crippen LogP contribution in [-0.2, 0) is 0 Å². The van der Waals surface area contributed by atoms with E-state index >= 15 is 0 Å². The molecule has 1 aromatic heterocycles. The van der Waals surface area contributed by atoms with Crippen molar-refractivity contribution in [1.82, 2.24) is 10.2 Å². The number of H-pyrrole nitrogens is 1. The van der Waals surface area contributed by atoms with Gasteiger partial charge in [-0.3, -0.25) is 5.10 Å². The van der Waals surface area contributed by atoms with Crippen LogP contribution in [0.2, 0.25) is 0 Å². The smallest absolute Gasteiger partial charge is 0.161 e. The summed E-state index contributed by atoms with van der Waals surface area (Å²) >= 11 is 0. The number of anilines is 1. The number of aromatic amines is 1. The van der Waals surface area contributed by atoms with Gasteiger partial charge < -0.3 is 20.1 Å². The van der Waals surface area contributed by atoms with Crippen LogP contribution in [0.5, 0.6) is 11.5 Å². The zero-order chi connectivity index (χ0) is 15.5. The van der Waals surface area contributed by atoms with Crippen LogP contribution < -0.4 is 20.1 Å². The number of nitrogens with two attached hydrogens (primary N) is 1. The van der Waals surface area contributed by atoms with E-state index in [-0.39, 0.29) is 0 Å². The normalized spacial score (nSPS) is 15.9. The minimum atomic E-state index is 0.320. The number of methoxy groups -OCH3 is 2. The lowest BCUT2D eigenvalue weighted by Crippen LogP contribution is -2.39. The molecule has 0 atom stereocenters. The fourth-order valence-corrected chi connectivity index (χ4v) is 2.75. The third-order valence-electron chi connectivity index (χ3n) is 4.12. The number of benzene rings is 1. The van der Waals surface area contributed by atoms with Crippen molar-refractivity contribution in [3.8, 4) is 22.8 Å². The highest BCUT2D eigenvalue weighted by Crippen LogP contribution is 2.32. The van der Waals surface area contributed by atoms with Gasteiger partial charge in [0.05, 0.1) is 19.9 Å². The molecule has 0 aliphatic carbocycles. The number of aromatic nitrogens is 2. The Kier molecular flexibility index (Phi) is 4.20. The third-order valence-corrected chi connectivity index (χ3v) is 4.12. The van der Waals surface area contributed by atoms with E-state index < -0.39 is 0 Å². The molecule has 0 spiro atoms. The van der Waals surface area contributed by atoms with Crippen LogP contribution in [-0.4, -0.2) is 43.5 Å². The summed E-state index contributed by atoms with van der Waals surface area (Å²) in [5, 5.41) is 7.53. The number of ether oxygens (including phenoxy) is 2. The van der Waals surface area contributed by atoms with Crippen LogP contribution in [0.15, 0.2) is 24.3 Å². The van der Waals surface area contributed by atoms with Crippen molar-refractivity contribution in [1.29, 1.82) is 0 Å². The summed E-state index contributed by atoms with van der Waals surface area (Å²) < 4.78 is 10.6. The van der Waals surface area contributed by atoms with Gasteiger partial charge in [0.25, 0.3) is 0 Å². The van der Waals surface area contributed by atoms with E-state index in [1.807, 2.05) is 18.2 Å². The van der Waals surface area contributed by atoms with Crippen LogP contribution in [0, 0.1) is 0 Å². The molecule has 0 amide bonds. The van der Waals surface area contributed by atoms with Crippen molar-refractivity contribution in [2.75, 3.05) is 32.2 Å². The highest BCUT2D eigenvalue weighted by Gasteiger charge is 2.18. The quantitative estimate of drug-likeness (QED) is 0.903. The van der Waals surface area contributed by atoms with Crippen molar-refractivity contribution in [3.05, 3.63) is 24.3 Å². The largest absolute Gasteiger partial charge is 0.493 e. The lowest BCUT2D eigenvalue weighted by molar-refractivity contribution is 0.355. The first-order valence-electron chi connectivity index (χ1n) is 7.49. The molecule has 0 bridgehead atoms. The topological polar surface area (TPSA) is 76.4 Å². The molecule has 6 heteroatoms. The minimum absolute atomic E-state index is 0.320. The Morgan fingerprint density at radius 1 is 1.14 bits per heavy atom. The van der Waals surface area contributed by atoms with E-state index in [9.17, 15) is 0 Å². The Morgan fingerprint density at radius 3 is 2.55 bits per heavy atom. The molecule has 22 heavy (non-hydrogen) atoms. The number of nitrogens with zero attached hydrogens (tertiary/aromatic N) is 2. The molecule has 3 N–H and O–H groups in total. The van der Waals surface area contributed by atoms with Crippen LogP contribution in [0.4, 0.5) is 5.82 Å². The molecule has 118 valence electrons. The summed E-state index contributed by atoms with van der Waals surface area (Å²) in [7, 11) is 3.27. The highest BCUT2D eigenvalue weighted by molar-refractivity contribution is 5.66. The molecule has 0 unspecified atom stereocenters.